The summed E-state index contributed by atoms with van der Waals surface area (Å²) in [6, 6.07) is 19.9. The largest absolute Gasteiger partial charge is 0.319 e. The van der Waals surface area contributed by atoms with Gasteiger partial charge in [-0.25, -0.2) is 0 Å². The number of fused-ring (bicyclic) bond motifs is 1. The van der Waals surface area contributed by atoms with E-state index >= 15 is 0 Å². The number of benzene rings is 2. The Balaban J connectivity index is 2.05. The second kappa shape index (κ2) is 5.58. The highest BCUT2D eigenvalue weighted by molar-refractivity contribution is 5.40. The molecule has 2 atom stereocenters. The van der Waals surface area contributed by atoms with Crippen molar-refractivity contribution in [1.29, 1.82) is 0 Å². The third-order valence-corrected chi connectivity index (χ3v) is 4.27. The van der Waals surface area contributed by atoms with E-state index in [1.54, 1.807) is 0 Å². The molecule has 0 spiro atoms. The number of hydrogen-bond donors (Lipinski definition) is 1. The highest BCUT2D eigenvalue weighted by atomic mass is 14.8. The molecule has 0 saturated heterocycles. The topological polar surface area (TPSA) is 12.0 Å². The van der Waals surface area contributed by atoms with E-state index in [1.165, 1.54) is 29.5 Å². The Morgan fingerprint density at radius 1 is 1.00 bits per heavy atom. The van der Waals surface area contributed by atoms with Crippen LogP contribution in [0, 0.1) is 5.92 Å². The van der Waals surface area contributed by atoms with Gasteiger partial charge in [-0.2, -0.15) is 0 Å². The quantitative estimate of drug-likeness (QED) is 0.879. The third kappa shape index (κ3) is 2.43. The number of aryl methyl sites for hydroxylation is 1. The van der Waals surface area contributed by atoms with Gasteiger partial charge >= 0.3 is 0 Å². The van der Waals surface area contributed by atoms with Crippen molar-refractivity contribution in [3.8, 4) is 0 Å². The first kappa shape index (κ1) is 12.4. The third-order valence-electron chi connectivity index (χ3n) is 4.27. The zero-order chi connectivity index (χ0) is 13.1. The van der Waals surface area contributed by atoms with Crippen molar-refractivity contribution >= 4 is 0 Å². The van der Waals surface area contributed by atoms with Crippen molar-refractivity contribution in [1.82, 2.24) is 5.32 Å². The van der Waals surface area contributed by atoms with E-state index < -0.39 is 0 Å². The van der Waals surface area contributed by atoms with Crippen LogP contribution in [0.4, 0.5) is 0 Å². The van der Waals surface area contributed by atoms with Gasteiger partial charge in [0.25, 0.3) is 0 Å². The van der Waals surface area contributed by atoms with Crippen LogP contribution < -0.4 is 5.32 Å². The van der Waals surface area contributed by atoms with Crippen LogP contribution in [-0.4, -0.2) is 13.6 Å². The van der Waals surface area contributed by atoms with Gasteiger partial charge in [0.2, 0.25) is 0 Å². The van der Waals surface area contributed by atoms with Crippen molar-refractivity contribution in [3.05, 3.63) is 71.3 Å². The predicted octanol–water partition coefficient (Wildman–Crippen LogP) is 3.60. The molecule has 0 unspecified atom stereocenters. The molecule has 1 nitrogen and oxygen atoms in total. The fraction of sp³-hybridized carbons (Fsp3) is 0.333. The molecule has 0 saturated carbocycles. The molecule has 0 aliphatic heterocycles. The van der Waals surface area contributed by atoms with Crippen molar-refractivity contribution in [3.63, 3.8) is 0 Å². The zero-order valence-corrected chi connectivity index (χ0v) is 11.5. The molecule has 2 aromatic carbocycles. The minimum Gasteiger partial charge on any atom is -0.319 e. The molecule has 0 fully saturated rings. The van der Waals surface area contributed by atoms with E-state index in [-0.39, 0.29) is 0 Å². The van der Waals surface area contributed by atoms with Crippen LogP contribution in [0.25, 0.3) is 0 Å². The van der Waals surface area contributed by atoms with Crippen LogP contribution >= 0.6 is 0 Å². The Labute approximate surface area is 115 Å². The lowest BCUT2D eigenvalue weighted by molar-refractivity contribution is 0.396. The van der Waals surface area contributed by atoms with Crippen LogP contribution in [0.15, 0.2) is 54.6 Å². The van der Waals surface area contributed by atoms with Crippen molar-refractivity contribution in [2.45, 2.75) is 18.8 Å². The second-order valence-corrected chi connectivity index (χ2v) is 5.44. The van der Waals surface area contributed by atoms with E-state index in [2.05, 4.69) is 67.0 Å². The van der Waals surface area contributed by atoms with Gasteiger partial charge < -0.3 is 5.32 Å². The highest BCUT2D eigenvalue weighted by Crippen LogP contribution is 2.40. The Bertz CT molecular complexity index is 532. The van der Waals surface area contributed by atoms with E-state index in [0.717, 1.165) is 6.54 Å². The van der Waals surface area contributed by atoms with Gasteiger partial charge in [-0.1, -0.05) is 54.6 Å². The first-order chi connectivity index (χ1) is 9.40. The lowest BCUT2D eigenvalue weighted by Crippen LogP contribution is -2.29. The summed E-state index contributed by atoms with van der Waals surface area (Å²) < 4.78 is 0. The molecule has 1 N–H and O–H groups in total. The molecule has 19 heavy (non-hydrogen) atoms. The maximum atomic E-state index is 3.37. The van der Waals surface area contributed by atoms with Gasteiger partial charge in [0.1, 0.15) is 0 Å². The van der Waals surface area contributed by atoms with E-state index in [9.17, 15) is 0 Å². The van der Waals surface area contributed by atoms with Crippen LogP contribution in [0.3, 0.4) is 0 Å². The van der Waals surface area contributed by atoms with Crippen LogP contribution in [0.5, 0.6) is 0 Å². The summed E-state index contributed by atoms with van der Waals surface area (Å²) in [7, 11) is 2.06. The minimum atomic E-state index is 0.540. The summed E-state index contributed by atoms with van der Waals surface area (Å²) >= 11 is 0. The molecule has 3 rings (SSSR count). The standard InChI is InChI=1S/C18H21N/c1-19-13-16-12-11-14-7-5-6-10-17(14)18(16)15-8-3-2-4-9-15/h2-10,16,18-19H,11-13H2,1H3/t16-,18+/m1/s1. The molecule has 0 amide bonds. The molecule has 1 aliphatic rings. The van der Waals surface area contributed by atoms with Crippen molar-refractivity contribution < 1.29 is 0 Å². The SMILES string of the molecule is CNC[C@H]1CCc2ccccc2[C@H]1c1ccccc1. The summed E-state index contributed by atoms with van der Waals surface area (Å²) in [5, 5.41) is 3.37. The molecular weight excluding hydrogens is 230 g/mol. The Morgan fingerprint density at radius 2 is 1.74 bits per heavy atom. The zero-order valence-electron chi connectivity index (χ0n) is 11.5. The average Bonchev–Trinajstić information content (AvgIpc) is 2.48. The molecule has 0 aromatic heterocycles. The summed E-state index contributed by atoms with van der Waals surface area (Å²) in [6.45, 7) is 1.09. The first-order valence-corrected chi connectivity index (χ1v) is 7.17. The van der Waals surface area contributed by atoms with Crippen LogP contribution in [0.2, 0.25) is 0 Å². The molecule has 0 radical (unpaired) electrons. The van der Waals surface area contributed by atoms with E-state index in [0.29, 0.717) is 11.8 Å². The van der Waals surface area contributed by atoms with Crippen molar-refractivity contribution in [2.75, 3.05) is 13.6 Å². The molecular formula is C18H21N. The molecule has 1 aliphatic carbocycles. The molecule has 0 bridgehead atoms. The number of rotatable bonds is 3. The Kier molecular flexibility index (Phi) is 3.65. The van der Waals surface area contributed by atoms with Gasteiger partial charge in [0.05, 0.1) is 0 Å². The first-order valence-electron chi connectivity index (χ1n) is 7.17. The summed E-state index contributed by atoms with van der Waals surface area (Å²) in [5.74, 6) is 1.24. The van der Waals surface area contributed by atoms with Gasteiger partial charge in [-0.3, -0.25) is 0 Å². The smallest absolute Gasteiger partial charge is 0.0132 e. The lowest BCUT2D eigenvalue weighted by atomic mass is 9.72. The normalized spacial score (nSPS) is 21.9. The van der Waals surface area contributed by atoms with E-state index in [4.69, 9.17) is 0 Å². The van der Waals surface area contributed by atoms with E-state index in [1.807, 2.05) is 0 Å². The molecule has 2 aromatic rings. The summed E-state index contributed by atoms with van der Waals surface area (Å²) in [5.41, 5.74) is 4.51. The van der Waals surface area contributed by atoms with Gasteiger partial charge in [-0.05, 0) is 49.0 Å². The summed E-state index contributed by atoms with van der Waals surface area (Å²) in [6.07, 6.45) is 2.49. The fourth-order valence-corrected chi connectivity index (χ4v) is 3.42. The molecule has 1 heteroatoms. The second-order valence-electron chi connectivity index (χ2n) is 5.44. The molecule has 0 heterocycles. The highest BCUT2D eigenvalue weighted by Gasteiger charge is 2.29. The number of nitrogens with one attached hydrogen (secondary N) is 1. The molecule has 98 valence electrons. The minimum absolute atomic E-state index is 0.540. The Hall–Kier alpha value is -1.60. The summed E-state index contributed by atoms with van der Waals surface area (Å²) in [4.78, 5) is 0. The van der Waals surface area contributed by atoms with Gasteiger partial charge in [-0.15, -0.1) is 0 Å². The predicted molar refractivity (Wildman–Crippen MR) is 80.5 cm³/mol. The fourth-order valence-electron chi connectivity index (χ4n) is 3.42. The monoisotopic (exact) mass is 251 g/mol. The van der Waals surface area contributed by atoms with Gasteiger partial charge in [0, 0.05) is 5.92 Å². The number of hydrogen-bond acceptors (Lipinski definition) is 1. The lowest BCUT2D eigenvalue weighted by Gasteiger charge is -2.34. The maximum absolute atomic E-state index is 3.37. The maximum Gasteiger partial charge on any atom is 0.0132 e. The van der Waals surface area contributed by atoms with Crippen LogP contribution in [-0.2, 0) is 6.42 Å². The Morgan fingerprint density at radius 3 is 2.53 bits per heavy atom. The van der Waals surface area contributed by atoms with Crippen molar-refractivity contribution in [2.24, 2.45) is 5.92 Å². The van der Waals surface area contributed by atoms with Crippen LogP contribution in [0.1, 0.15) is 29.0 Å². The average molecular weight is 251 g/mol. The van der Waals surface area contributed by atoms with Gasteiger partial charge in [0.15, 0.2) is 0 Å².